The van der Waals surface area contributed by atoms with Gasteiger partial charge in [0.25, 0.3) is 10.0 Å². The lowest BCUT2D eigenvalue weighted by atomic mass is 9.85. The maximum Gasteiger partial charge on any atom is 0.416 e. The summed E-state index contributed by atoms with van der Waals surface area (Å²) in [5.74, 6) is -1.26. The average molecular weight is 537 g/mol. The van der Waals surface area contributed by atoms with Gasteiger partial charge in [0.05, 0.1) is 22.6 Å². The first-order valence-electron chi connectivity index (χ1n) is 12.3. The molecule has 0 aliphatic carbocycles. The summed E-state index contributed by atoms with van der Waals surface area (Å²) < 4.78 is 76.2. The second-order valence-corrected chi connectivity index (χ2v) is 11.5. The van der Waals surface area contributed by atoms with Crippen molar-refractivity contribution in [3.8, 4) is 0 Å². The van der Waals surface area contributed by atoms with Crippen molar-refractivity contribution >= 4 is 26.9 Å². The molecule has 0 N–H and O–H groups in total. The number of ether oxygens (including phenoxy) is 1. The summed E-state index contributed by atoms with van der Waals surface area (Å²) >= 11 is 0. The van der Waals surface area contributed by atoms with Crippen molar-refractivity contribution in [2.45, 2.75) is 63.6 Å². The van der Waals surface area contributed by atoms with Crippen molar-refractivity contribution in [1.29, 1.82) is 0 Å². The first-order chi connectivity index (χ1) is 17.3. The van der Waals surface area contributed by atoms with E-state index in [1.54, 1.807) is 26.0 Å². The van der Waals surface area contributed by atoms with Crippen LogP contribution in [-0.2, 0) is 20.9 Å². The van der Waals surface area contributed by atoms with Gasteiger partial charge in [0.15, 0.2) is 0 Å². The summed E-state index contributed by atoms with van der Waals surface area (Å²) in [7, 11) is -4.41. The highest BCUT2D eigenvalue weighted by atomic mass is 32.2. The van der Waals surface area contributed by atoms with Crippen LogP contribution < -0.4 is 0 Å². The molecule has 2 heterocycles. The van der Waals surface area contributed by atoms with Crippen molar-refractivity contribution < 1.29 is 31.1 Å². The Kier molecular flexibility index (Phi) is 7.45. The number of aryl methyl sites for hydroxylation is 1. The third kappa shape index (κ3) is 5.27. The maximum atomic E-state index is 14.4. The molecule has 1 aliphatic heterocycles. The van der Waals surface area contributed by atoms with E-state index in [0.717, 1.165) is 11.6 Å². The Morgan fingerprint density at radius 3 is 2.24 bits per heavy atom. The van der Waals surface area contributed by atoms with Gasteiger partial charge in [-0.1, -0.05) is 17.7 Å². The van der Waals surface area contributed by atoms with E-state index in [1.807, 2.05) is 0 Å². The standard InChI is InChI=1S/C27H31F3N2O4S/c1-5-36-26(33)25-15-20-14-22(19-10-12-31(13-11-19)17(2)3)23(27(28,29)30)16-24(20)32(25)37(34,35)21-8-6-18(4)7-9-21/h6-9,14-17,19H,5,10-13H2,1-4H3. The number of hydrogen-bond acceptors (Lipinski definition) is 5. The van der Waals surface area contributed by atoms with Crippen LogP contribution in [0.1, 0.15) is 66.7 Å². The highest BCUT2D eigenvalue weighted by Gasteiger charge is 2.38. The van der Waals surface area contributed by atoms with E-state index >= 15 is 0 Å². The molecule has 0 bridgehead atoms. The lowest BCUT2D eigenvalue weighted by Crippen LogP contribution is -2.38. The van der Waals surface area contributed by atoms with Crippen LogP contribution in [0.4, 0.5) is 13.2 Å². The minimum Gasteiger partial charge on any atom is -0.461 e. The van der Waals surface area contributed by atoms with Crippen LogP contribution >= 0.6 is 0 Å². The normalized spacial score (nSPS) is 16.0. The Morgan fingerprint density at radius 1 is 1.08 bits per heavy atom. The maximum absolute atomic E-state index is 14.4. The molecule has 200 valence electrons. The zero-order valence-electron chi connectivity index (χ0n) is 21.3. The first-order valence-corrected chi connectivity index (χ1v) is 13.8. The molecule has 0 spiro atoms. The largest absolute Gasteiger partial charge is 0.461 e. The molecular weight excluding hydrogens is 505 g/mol. The molecule has 3 aromatic rings. The van der Waals surface area contributed by atoms with Gasteiger partial charge in [0.1, 0.15) is 5.69 Å². The molecule has 0 atom stereocenters. The number of hydrogen-bond donors (Lipinski definition) is 0. The average Bonchev–Trinajstić information content (AvgIpc) is 3.23. The van der Waals surface area contributed by atoms with Crippen LogP contribution in [-0.4, -0.2) is 49.0 Å². The van der Waals surface area contributed by atoms with Crippen LogP contribution in [0.5, 0.6) is 0 Å². The summed E-state index contributed by atoms with van der Waals surface area (Å²) in [5.41, 5.74) is -0.480. The number of aromatic nitrogens is 1. The topological polar surface area (TPSA) is 68.6 Å². The Morgan fingerprint density at radius 2 is 1.70 bits per heavy atom. The highest BCUT2D eigenvalue weighted by molar-refractivity contribution is 7.90. The van der Waals surface area contributed by atoms with Gasteiger partial charge in [0.2, 0.25) is 0 Å². The molecule has 1 saturated heterocycles. The Balaban J connectivity index is 1.94. The number of likely N-dealkylation sites (tertiary alicyclic amines) is 1. The number of alkyl halides is 3. The van der Waals surface area contributed by atoms with Gasteiger partial charge in [-0.15, -0.1) is 0 Å². The molecular formula is C27H31F3N2O4S. The fourth-order valence-electron chi connectivity index (χ4n) is 4.98. The number of carbonyl (C=O) groups excluding carboxylic acids is 1. The van der Waals surface area contributed by atoms with Crippen LogP contribution in [0.25, 0.3) is 10.9 Å². The Bertz CT molecular complexity index is 1400. The van der Waals surface area contributed by atoms with Crippen LogP contribution in [0, 0.1) is 6.92 Å². The fourth-order valence-corrected chi connectivity index (χ4v) is 6.48. The van der Waals surface area contributed by atoms with Crippen LogP contribution in [0.2, 0.25) is 0 Å². The third-order valence-corrected chi connectivity index (χ3v) is 8.72. The molecule has 2 aromatic carbocycles. The van der Waals surface area contributed by atoms with Crippen molar-refractivity contribution in [3.63, 3.8) is 0 Å². The second-order valence-electron chi connectivity index (χ2n) is 9.73. The number of benzene rings is 2. The molecule has 0 unspecified atom stereocenters. The van der Waals surface area contributed by atoms with E-state index < -0.39 is 27.7 Å². The van der Waals surface area contributed by atoms with Gasteiger partial charge in [-0.3, -0.25) is 0 Å². The van der Waals surface area contributed by atoms with Gasteiger partial charge in [0, 0.05) is 11.4 Å². The van der Waals surface area contributed by atoms with Gasteiger partial charge in [-0.05, 0) is 95.4 Å². The summed E-state index contributed by atoms with van der Waals surface area (Å²) in [5, 5.41) is 0.244. The highest BCUT2D eigenvalue weighted by Crippen LogP contribution is 2.42. The Hall–Kier alpha value is -2.85. The number of fused-ring (bicyclic) bond motifs is 1. The van der Waals surface area contributed by atoms with Crippen molar-refractivity contribution in [1.82, 2.24) is 8.87 Å². The smallest absolute Gasteiger partial charge is 0.416 e. The number of rotatable bonds is 6. The molecule has 1 fully saturated rings. The lowest BCUT2D eigenvalue weighted by Gasteiger charge is -2.35. The lowest BCUT2D eigenvalue weighted by molar-refractivity contribution is -0.138. The number of esters is 1. The van der Waals surface area contributed by atoms with Gasteiger partial charge < -0.3 is 9.64 Å². The molecule has 0 amide bonds. The van der Waals surface area contributed by atoms with Crippen LogP contribution in [0.15, 0.2) is 47.4 Å². The predicted octanol–water partition coefficient (Wildman–Crippen LogP) is 5.97. The third-order valence-electron chi connectivity index (χ3n) is 6.98. The molecule has 0 saturated carbocycles. The molecule has 1 aliphatic rings. The Labute approximate surface area is 215 Å². The van der Waals surface area contributed by atoms with Crippen molar-refractivity contribution in [3.05, 3.63) is 64.8 Å². The summed E-state index contributed by atoms with van der Waals surface area (Å²) in [6, 6.07) is 9.80. The fraction of sp³-hybridized carbons (Fsp3) is 0.444. The number of nitrogens with zero attached hydrogens (tertiary/aromatic N) is 2. The van der Waals surface area contributed by atoms with E-state index in [2.05, 4.69) is 18.7 Å². The molecule has 37 heavy (non-hydrogen) atoms. The minimum absolute atomic E-state index is 0.0155. The zero-order valence-corrected chi connectivity index (χ0v) is 22.1. The van der Waals surface area contributed by atoms with Gasteiger partial charge >= 0.3 is 12.1 Å². The van der Waals surface area contributed by atoms with Gasteiger partial charge in [-0.2, -0.15) is 13.2 Å². The zero-order chi connectivity index (χ0) is 27.1. The van der Waals surface area contributed by atoms with E-state index in [-0.39, 0.29) is 39.6 Å². The van der Waals surface area contributed by atoms with Crippen molar-refractivity contribution in [2.75, 3.05) is 19.7 Å². The number of halogens is 3. The van der Waals surface area contributed by atoms with Gasteiger partial charge in [-0.25, -0.2) is 17.2 Å². The molecule has 4 rings (SSSR count). The van der Waals surface area contributed by atoms with Crippen molar-refractivity contribution in [2.24, 2.45) is 0 Å². The number of piperidine rings is 1. The SMILES string of the molecule is CCOC(=O)c1cc2cc(C3CCN(C(C)C)CC3)c(C(F)(F)F)cc2n1S(=O)(=O)c1ccc(C)cc1. The van der Waals surface area contributed by atoms with E-state index in [0.29, 0.717) is 35.9 Å². The minimum atomic E-state index is -4.70. The van der Waals surface area contributed by atoms with E-state index in [1.165, 1.54) is 24.3 Å². The molecule has 0 radical (unpaired) electrons. The second kappa shape index (κ2) is 10.1. The van der Waals surface area contributed by atoms with E-state index in [9.17, 15) is 26.4 Å². The monoisotopic (exact) mass is 536 g/mol. The first kappa shape index (κ1) is 27.2. The number of carbonyl (C=O) groups is 1. The molecule has 10 heteroatoms. The summed E-state index contributed by atoms with van der Waals surface area (Å²) in [6.45, 7) is 8.81. The quantitative estimate of drug-likeness (QED) is 0.363. The molecule has 1 aromatic heterocycles. The predicted molar refractivity (Wildman–Crippen MR) is 135 cm³/mol. The summed E-state index contributed by atoms with van der Waals surface area (Å²) in [4.78, 5) is 14.9. The van der Waals surface area contributed by atoms with E-state index in [4.69, 9.17) is 4.74 Å². The summed E-state index contributed by atoms with van der Waals surface area (Å²) in [6.07, 6.45) is -3.59. The van der Waals surface area contributed by atoms with Crippen LogP contribution in [0.3, 0.4) is 0 Å². The molecule has 6 nitrogen and oxygen atoms in total.